The first-order valence-corrected chi connectivity index (χ1v) is 6.88. The van der Waals surface area contributed by atoms with Crippen LogP contribution in [0.2, 0.25) is 0 Å². The van der Waals surface area contributed by atoms with Gasteiger partial charge in [0, 0.05) is 20.7 Å². The maximum Gasteiger partial charge on any atom is 0.311 e. The summed E-state index contributed by atoms with van der Waals surface area (Å²) in [6, 6.07) is 2.14. The number of hydrogen-bond donors (Lipinski definition) is 0. The predicted molar refractivity (Wildman–Crippen MR) is 70.6 cm³/mol. The Kier molecular flexibility index (Phi) is 3.59. The lowest BCUT2D eigenvalue weighted by atomic mass is 10.2. The van der Waals surface area contributed by atoms with Crippen molar-refractivity contribution in [3.63, 3.8) is 0 Å². The zero-order chi connectivity index (χ0) is 12.4. The van der Waals surface area contributed by atoms with E-state index in [0.717, 1.165) is 10.7 Å². The first-order chi connectivity index (χ1) is 8.10. The van der Waals surface area contributed by atoms with Crippen LogP contribution in [0.4, 0.5) is 0 Å². The van der Waals surface area contributed by atoms with Crippen molar-refractivity contribution in [2.24, 2.45) is 0 Å². The first-order valence-electron chi connectivity index (χ1n) is 5.18. The fourth-order valence-electron chi connectivity index (χ4n) is 1.58. The van der Waals surface area contributed by atoms with Crippen molar-refractivity contribution in [1.82, 2.24) is 4.98 Å². The van der Waals surface area contributed by atoms with Crippen LogP contribution in [-0.4, -0.2) is 18.1 Å². The Balaban J connectivity index is 2.24. The van der Waals surface area contributed by atoms with Crippen LogP contribution < -0.4 is 0 Å². The summed E-state index contributed by atoms with van der Waals surface area (Å²) in [7, 11) is 1.39. The third-order valence-electron chi connectivity index (χ3n) is 2.38. The molecular formula is C12H13NO2S2. The second kappa shape index (κ2) is 4.98. The van der Waals surface area contributed by atoms with E-state index in [4.69, 9.17) is 0 Å². The summed E-state index contributed by atoms with van der Waals surface area (Å²) < 4.78 is 4.62. The lowest BCUT2D eigenvalue weighted by Gasteiger charge is -1.95. The number of ether oxygens (including phenoxy) is 1. The van der Waals surface area contributed by atoms with E-state index in [1.165, 1.54) is 22.4 Å². The number of esters is 1. The third-order valence-corrected chi connectivity index (χ3v) is 4.27. The van der Waals surface area contributed by atoms with Gasteiger partial charge in [-0.1, -0.05) is 0 Å². The molecule has 0 unspecified atom stereocenters. The standard InChI is InChI=1S/C12H13NO2S2/c1-7-4-10(8(2)17-7)12-13-9(6-16-12)5-11(14)15-3/h4,6H,5H2,1-3H3. The van der Waals surface area contributed by atoms with E-state index in [1.807, 2.05) is 5.38 Å². The summed E-state index contributed by atoms with van der Waals surface area (Å²) in [6.07, 6.45) is 0.245. The molecule has 17 heavy (non-hydrogen) atoms. The largest absolute Gasteiger partial charge is 0.469 e. The van der Waals surface area contributed by atoms with Crippen LogP contribution >= 0.6 is 22.7 Å². The van der Waals surface area contributed by atoms with Gasteiger partial charge in [-0.25, -0.2) is 4.98 Å². The van der Waals surface area contributed by atoms with Crippen LogP contribution in [0.15, 0.2) is 11.4 Å². The normalized spacial score (nSPS) is 10.5. The van der Waals surface area contributed by atoms with E-state index in [2.05, 4.69) is 29.6 Å². The molecule has 0 fully saturated rings. The van der Waals surface area contributed by atoms with Crippen molar-refractivity contribution in [1.29, 1.82) is 0 Å². The van der Waals surface area contributed by atoms with Crippen molar-refractivity contribution < 1.29 is 9.53 Å². The molecule has 0 saturated carbocycles. The van der Waals surface area contributed by atoms with Gasteiger partial charge in [0.15, 0.2) is 0 Å². The number of thiazole rings is 1. The van der Waals surface area contributed by atoms with Crippen molar-refractivity contribution >= 4 is 28.6 Å². The molecule has 2 rings (SSSR count). The Hall–Kier alpha value is -1.20. The number of aryl methyl sites for hydroxylation is 2. The summed E-state index contributed by atoms with van der Waals surface area (Å²) in [6.45, 7) is 4.18. The number of rotatable bonds is 3. The van der Waals surface area contributed by atoms with Gasteiger partial charge in [-0.15, -0.1) is 22.7 Å². The number of carbonyl (C=O) groups is 1. The molecule has 0 spiro atoms. The van der Waals surface area contributed by atoms with Gasteiger partial charge in [-0.05, 0) is 19.9 Å². The molecule has 2 aromatic rings. The highest BCUT2D eigenvalue weighted by atomic mass is 32.1. The van der Waals surface area contributed by atoms with Gasteiger partial charge in [-0.3, -0.25) is 4.79 Å². The zero-order valence-corrected chi connectivity index (χ0v) is 11.6. The number of methoxy groups -OCH3 is 1. The second-order valence-electron chi connectivity index (χ2n) is 3.72. The molecule has 2 aromatic heterocycles. The lowest BCUT2D eigenvalue weighted by molar-refractivity contribution is -0.139. The number of carbonyl (C=O) groups excluding carboxylic acids is 1. The van der Waals surface area contributed by atoms with Crippen molar-refractivity contribution in [2.45, 2.75) is 20.3 Å². The molecular weight excluding hydrogens is 254 g/mol. The molecule has 3 nitrogen and oxygen atoms in total. The molecule has 5 heteroatoms. The Morgan fingerprint density at radius 1 is 1.47 bits per heavy atom. The average Bonchev–Trinajstić information content (AvgIpc) is 2.85. The molecule has 0 amide bonds. The molecule has 0 N–H and O–H groups in total. The fourth-order valence-corrected chi connectivity index (χ4v) is 3.46. The maximum atomic E-state index is 11.1. The molecule has 0 aromatic carbocycles. The second-order valence-corrected chi connectivity index (χ2v) is 6.04. The third kappa shape index (κ3) is 2.73. The number of nitrogens with zero attached hydrogens (tertiary/aromatic N) is 1. The minimum Gasteiger partial charge on any atom is -0.469 e. The molecule has 0 aliphatic carbocycles. The minimum atomic E-state index is -0.250. The van der Waals surface area contributed by atoms with Crippen LogP contribution in [0.25, 0.3) is 10.6 Å². The van der Waals surface area contributed by atoms with E-state index in [0.29, 0.717) is 0 Å². The highest BCUT2D eigenvalue weighted by Gasteiger charge is 2.12. The topological polar surface area (TPSA) is 39.2 Å². The number of aromatic nitrogens is 1. The SMILES string of the molecule is COC(=O)Cc1csc(-c2cc(C)sc2C)n1. The molecule has 0 aliphatic rings. The van der Waals surface area contributed by atoms with Crippen molar-refractivity contribution in [2.75, 3.05) is 7.11 Å². The highest BCUT2D eigenvalue weighted by molar-refractivity contribution is 7.15. The lowest BCUT2D eigenvalue weighted by Crippen LogP contribution is -2.04. The molecule has 90 valence electrons. The molecule has 0 radical (unpaired) electrons. The molecule has 0 bridgehead atoms. The zero-order valence-electron chi connectivity index (χ0n) is 9.94. The smallest absolute Gasteiger partial charge is 0.311 e. The summed E-state index contributed by atoms with van der Waals surface area (Å²) in [4.78, 5) is 18.2. The minimum absolute atomic E-state index is 0.245. The summed E-state index contributed by atoms with van der Waals surface area (Å²) in [5.41, 5.74) is 1.95. The van der Waals surface area contributed by atoms with Crippen LogP contribution in [0.1, 0.15) is 15.4 Å². The molecule has 0 saturated heterocycles. The van der Waals surface area contributed by atoms with Gasteiger partial charge < -0.3 is 4.74 Å². The van der Waals surface area contributed by atoms with E-state index >= 15 is 0 Å². The summed E-state index contributed by atoms with van der Waals surface area (Å²) in [5, 5.41) is 2.89. The van der Waals surface area contributed by atoms with Gasteiger partial charge >= 0.3 is 5.97 Å². The van der Waals surface area contributed by atoms with E-state index < -0.39 is 0 Å². The monoisotopic (exact) mass is 267 g/mol. The average molecular weight is 267 g/mol. The Morgan fingerprint density at radius 2 is 2.24 bits per heavy atom. The van der Waals surface area contributed by atoms with Crippen LogP contribution in [-0.2, 0) is 16.0 Å². The van der Waals surface area contributed by atoms with Crippen LogP contribution in [0, 0.1) is 13.8 Å². The highest BCUT2D eigenvalue weighted by Crippen LogP contribution is 2.32. The van der Waals surface area contributed by atoms with Crippen LogP contribution in [0.3, 0.4) is 0 Å². The summed E-state index contributed by atoms with van der Waals surface area (Å²) >= 11 is 3.34. The van der Waals surface area contributed by atoms with Gasteiger partial charge in [0.25, 0.3) is 0 Å². The Labute approximate surface area is 108 Å². The van der Waals surface area contributed by atoms with Crippen molar-refractivity contribution in [3.8, 4) is 10.6 Å². The molecule has 0 aliphatic heterocycles. The van der Waals surface area contributed by atoms with Crippen LogP contribution in [0.5, 0.6) is 0 Å². The first kappa shape index (κ1) is 12.3. The van der Waals surface area contributed by atoms with E-state index in [9.17, 15) is 4.79 Å². The Bertz CT molecular complexity index is 542. The van der Waals surface area contributed by atoms with Gasteiger partial charge in [0.2, 0.25) is 0 Å². The number of hydrogen-bond acceptors (Lipinski definition) is 5. The summed E-state index contributed by atoms with van der Waals surface area (Å²) in [5.74, 6) is -0.250. The molecule has 0 atom stereocenters. The van der Waals surface area contributed by atoms with Gasteiger partial charge in [0.1, 0.15) is 5.01 Å². The number of thiophene rings is 1. The van der Waals surface area contributed by atoms with Gasteiger partial charge in [-0.2, -0.15) is 0 Å². The van der Waals surface area contributed by atoms with E-state index in [-0.39, 0.29) is 12.4 Å². The van der Waals surface area contributed by atoms with Gasteiger partial charge in [0.05, 0.1) is 19.2 Å². The predicted octanol–water partition coefficient (Wildman–Crippen LogP) is 3.20. The molecule has 2 heterocycles. The quantitative estimate of drug-likeness (QED) is 0.802. The Morgan fingerprint density at radius 3 is 2.82 bits per heavy atom. The van der Waals surface area contributed by atoms with Crippen molar-refractivity contribution in [3.05, 3.63) is 26.9 Å². The maximum absolute atomic E-state index is 11.1. The fraction of sp³-hybridized carbons (Fsp3) is 0.333. The van der Waals surface area contributed by atoms with E-state index in [1.54, 1.807) is 22.7 Å².